The summed E-state index contributed by atoms with van der Waals surface area (Å²) in [5.74, 6) is -0.348. The van der Waals surface area contributed by atoms with Crippen molar-refractivity contribution < 1.29 is 8.78 Å². The van der Waals surface area contributed by atoms with Crippen LogP contribution in [0.25, 0.3) is 10.8 Å². The summed E-state index contributed by atoms with van der Waals surface area (Å²) in [5, 5.41) is 19.2. The summed E-state index contributed by atoms with van der Waals surface area (Å²) in [6.45, 7) is 0.174. The Balaban J connectivity index is 1.76. The molecule has 0 bridgehead atoms. The van der Waals surface area contributed by atoms with Crippen LogP contribution in [0, 0.1) is 11.6 Å². The van der Waals surface area contributed by atoms with Crippen LogP contribution in [0.5, 0.6) is 0 Å². The molecule has 0 aliphatic heterocycles. The zero-order valence-electron chi connectivity index (χ0n) is 15.3. The molecule has 29 heavy (non-hydrogen) atoms. The van der Waals surface area contributed by atoms with E-state index >= 15 is 0 Å². The van der Waals surface area contributed by atoms with Gasteiger partial charge in [0.2, 0.25) is 0 Å². The van der Waals surface area contributed by atoms with Crippen molar-refractivity contribution in [3.63, 3.8) is 0 Å². The third kappa shape index (κ3) is 3.91. The highest BCUT2D eigenvalue weighted by Crippen LogP contribution is 2.29. The summed E-state index contributed by atoms with van der Waals surface area (Å²) in [6, 6.07) is 8.15. The second-order valence-corrected chi connectivity index (χ2v) is 6.35. The Labute approximate surface area is 162 Å². The lowest BCUT2D eigenvalue weighted by Crippen LogP contribution is -2.13. The van der Waals surface area contributed by atoms with E-state index in [1.54, 1.807) is 23.9 Å². The Hall–Kier alpha value is -3.82. The van der Waals surface area contributed by atoms with Gasteiger partial charge in [-0.3, -0.25) is 9.48 Å². The fraction of sp³-hybridized carbons (Fsp3) is 0.158. The predicted octanol–water partition coefficient (Wildman–Crippen LogP) is 3.20. The van der Waals surface area contributed by atoms with Crippen molar-refractivity contribution in [1.82, 2.24) is 25.0 Å². The number of aryl methyl sites for hydroxylation is 1. The number of aromatic amines is 1. The molecule has 8 nitrogen and oxygen atoms in total. The second-order valence-electron chi connectivity index (χ2n) is 6.35. The Morgan fingerprint density at radius 2 is 1.93 bits per heavy atom. The number of azo groups is 1. The SMILES string of the molecule is Cn1ncnc1Cc1n[nH]c(=O)c2cc(F)cc(N=NCc3ccc(F)cc3)c12. The quantitative estimate of drug-likeness (QED) is 0.524. The Morgan fingerprint density at radius 3 is 2.66 bits per heavy atom. The van der Waals surface area contributed by atoms with Crippen LogP contribution in [0.2, 0.25) is 0 Å². The molecule has 0 saturated heterocycles. The van der Waals surface area contributed by atoms with Crippen LogP contribution >= 0.6 is 0 Å². The molecule has 146 valence electrons. The first-order valence-electron chi connectivity index (χ1n) is 8.67. The first-order chi connectivity index (χ1) is 14.0. The first-order valence-corrected chi connectivity index (χ1v) is 8.67. The van der Waals surface area contributed by atoms with E-state index in [9.17, 15) is 13.6 Å². The number of nitrogens with zero attached hydrogens (tertiary/aromatic N) is 6. The molecule has 0 aliphatic rings. The highest BCUT2D eigenvalue weighted by atomic mass is 19.1. The Bertz CT molecular complexity index is 1260. The summed E-state index contributed by atoms with van der Waals surface area (Å²) in [7, 11) is 1.74. The minimum absolute atomic E-state index is 0.118. The number of halogens is 2. The lowest BCUT2D eigenvalue weighted by molar-refractivity contribution is 0.626. The fourth-order valence-corrected chi connectivity index (χ4v) is 2.93. The smallest absolute Gasteiger partial charge is 0.267 e. The van der Waals surface area contributed by atoms with Gasteiger partial charge in [-0.2, -0.15) is 20.4 Å². The van der Waals surface area contributed by atoms with E-state index in [4.69, 9.17) is 0 Å². The highest BCUT2D eigenvalue weighted by molar-refractivity contribution is 5.93. The predicted molar refractivity (Wildman–Crippen MR) is 101 cm³/mol. The molecule has 0 saturated carbocycles. The largest absolute Gasteiger partial charge is 0.272 e. The average Bonchev–Trinajstić information content (AvgIpc) is 3.10. The molecule has 0 fully saturated rings. The second kappa shape index (κ2) is 7.66. The van der Waals surface area contributed by atoms with Gasteiger partial charge in [0.15, 0.2) is 0 Å². The maximum atomic E-state index is 14.1. The lowest BCUT2D eigenvalue weighted by Gasteiger charge is -2.07. The summed E-state index contributed by atoms with van der Waals surface area (Å²) >= 11 is 0. The van der Waals surface area contributed by atoms with Crippen LogP contribution in [-0.2, 0) is 20.0 Å². The number of aromatic nitrogens is 5. The molecule has 2 aromatic carbocycles. The molecule has 0 unspecified atom stereocenters. The molecule has 2 heterocycles. The Kier molecular flexibility index (Phi) is 4.90. The van der Waals surface area contributed by atoms with Gasteiger partial charge in [0, 0.05) is 18.5 Å². The van der Waals surface area contributed by atoms with Gasteiger partial charge in [-0.15, -0.1) is 0 Å². The standard InChI is InChI=1S/C19H15F2N7O/c1-28-17(22-10-24-28)8-16-18-14(19(29)27-26-16)6-13(21)7-15(18)25-23-9-11-2-4-12(20)5-3-11/h2-7,10H,8-9H2,1H3,(H,27,29). The number of hydrogen-bond donors (Lipinski definition) is 1. The van der Waals surface area contributed by atoms with Gasteiger partial charge in [-0.1, -0.05) is 12.1 Å². The van der Waals surface area contributed by atoms with Gasteiger partial charge in [0.1, 0.15) is 23.8 Å². The van der Waals surface area contributed by atoms with Gasteiger partial charge in [-0.05, 0) is 23.8 Å². The van der Waals surface area contributed by atoms with Crippen molar-refractivity contribution in [2.24, 2.45) is 17.3 Å². The van der Waals surface area contributed by atoms with Crippen LogP contribution < -0.4 is 5.56 Å². The summed E-state index contributed by atoms with van der Waals surface area (Å²) in [4.78, 5) is 16.4. The van der Waals surface area contributed by atoms with Crippen molar-refractivity contribution in [3.05, 3.63) is 81.8 Å². The zero-order valence-corrected chi connectivity index (χ0v) is 15.3. The van der Waals surface area contributed by atoms with Crippen molar-refractivity contribution in [3.8, 4) is 0 Å². The number of hydrogen-bond acceptors (Lipinski definition) is 6. The Morgan fingerprint density at radius 1 is 1.14 bits per heavy atom. The molecular formula is C19H15F2N7O. The number of benzene rings is 2. The van der Waals surface area contributed by atoms with Crippen molar-refractivity contribution in [2.45, 2.75) is 13.0 Å². The summed E-state index contributed by atoms with van der Waals surface area (Å²) in [6.07, 6.45) is 1.67. The summed E-state index contributed by atoms with van der Waals surface area (Å²) in [5.41, 5.74) is 0.853. The van der Waals surface area contributed by atoms with Crippen LogP contribution in [0.1, 0.15) is 17.1 Å². The highest BCUT2D eigenvalue weighted by Gasteiger charge is 2.15. The maximum Gasteiger partial charge on any atom is 0.272 e. The van der Waals surface area contributed by atoms with Gasteiger partial charge in [0.25, 0.3) is 5.56 Å². The van der Waals surface area contributed by atoms with Crippen LogP contribution in [0.4, 0.5) is 14.5 Å². The van der Waals surface area contributed by atoms with E-state index < -0.39 is 11.4 Å². The monoisotopic (exact) mass is 395 g/mol. The van der Waals surface area contributed by atoms with E-state index in [0.29, 0.717) is 16.9 Å². The van der Waals surface area contributed by atoms with Crippen molar-refractivity contribution in [2.75, 3.05) is 0 Å². The first kappa shape index (κ1) is 18.5. The average molecular weight is 395 g/mol. The number of H-pyrrole nitrogens is 1. The number of nitrogens with one attached hydrogen (secondary N) is 1. The van der Waals surface area contributed by atoms with Crippen molar-refractivity contribution in [1.29, 1.82) is 0 Å². The molecule has 4 rings (SSSR count). The molecular weight excluding hydrogens is 380 g/mol. The molecule has 0 aliphatic carbocycles. The zero-order chi connectivity index (χ0) is 20.4. The molecule has 2 aromatic heterocycles. The molecule has 0 atom stereocenters. The van der Waals surface area contributed by atoms with Crippen LogP contribution in [0.3, 0.4) is 0 Å². The molecule has 0 spiro atoms. The number of rotatable bonds is 5. The van der Waals surface area contributed by atoms with Gasteiger partial charge >= 0.3 is 0 Å². The third-order valence-corrected chi connectivity index (χ3v) is 4.38. The topological polar surface area (TPSA) is 101 Å². The van der Waals surface area contributed by atoms with E-state index in [1.165, 1.54) is 24.5 Å². The molecule has 10 heteroatoms. The molecule has 4 aromatic rings. The molecule has 1 N–H and O–H groups in total. The minimum atomic E-state index is -0.616. The van der Waals surface area contributed by atoms with Crippen LogP contribution in [0.15, 0.2) is 57.7 Å². The lowest BCUT2D eigenvalue weighted by atomic mass is 10.1. The summed E-state index contributed by atoms with van der Waals surface area (Å²) < 4.78 is 28.7. The molecule has 0 amide bonds. The van der Waals surface area contributed by atoms with Gasteiger partial charge in [-0.25, -0.2) is 18.9 Å². The molecule has 0 radical (unpaired) electrons. The van der Waals surface area contributed by atoms with Gasteiger partial charge in [0.05, 0.1) is 29.7 Å². The maximum absolute atomic E-state index is 14.1. The fourth-order valence-electron chi connectivity index (χ4n) is 2.93. The van der Waals surface area contributed by atoms with Gasteiger partial charge < -0.3 is 0 Å². The number of fused-ring (bicyclic) bond motifs is 1. The van der Waals surface area contributed by atoms with Crippen molar-refractivity contribution >= 4 is 16.5 Å². The van der Waals surface area contributed by atoms with E-state index in [1.807, 2.05) is 0 Å². The third-order valence-electron chi connectivity index (χ3n) is 4.38. The normalized spacial score (nSPS) is 11.6. The van der Waals surface area contributed by atoms with E-state index in [0.717, 1.165) is 11.6 Å². The van der Waals surface area contributed by atoms with E-state index in [-0.39, 0.29) is 29.9 Å². The van der Waals surface area contributed by atoms with Crippen LogP contribution in [-0.4, -0.2) is 25.0 Å². The van der Waals surface area contributed by atoms with E-state index in [2.05, 4.69) is 30.5 Å². The minimum Gasteiger partial charge on any atom is -0.267 e.